The lowest BCUT2D eigenvalue weighted by Crippen LogP contribution is -2.48. The first-order valence-electron chi connectivity index (χ1n) is 9.59. The van der Waals surface area contributed by atoms with Crippen molar-refractivity contribution in [1.82, 2.24) is 9.80 Å². The van der Waals surface area contributed by atoms with Crippen LogP contribution >= 0.6 is 11.3 Å². The number of thiophene rings is 1. The maximum Gasteiger partial charge on any atom is 0.0557 e. The molecule has 4 rings (SSSR count). The zero-order chi connectivity index (χ0) is 16.8. The second-order valence-corrected chi connectivity index (χ2v) is 9.24. The molecular formula is C20H31N3S. The quantitative estimate of drug-likeness (QED) is 0.829. The fourth-order valence-corrected chi connectivity index (χ4v) is 5.95. The Morgan fingerprint density at radius 1 is 1.17 bits per heavy atom. The Hall–Kier alpha value is -1.00. The molecule has 2 bridgehead atoms. The van der Waals surface area contributed by atoms with Crippen molar-refractivity contribution in [3.8, 4) is 0 Å². The molecule has 1 unspecified atom stereocenters. The second-order valence-electron chi connectivity index (χ2n) is 8.33. The van der Waals surface area contributed by atoms with Gasteiger partial charge in [0, 0.05) is 54.6 Å². The Balaban J connectivity index is 1.61. The maximum atomic E-state index is 2.67. The first kappa shape index (κ1) is 16.5. The van der Waals surface area contributed by atoms with E-state index in [-0.39, 0.29) is 0 Å². The van der Waals surface area contributed by atoms with Crippen molar-refractivity contribution in [3.05, 3.63) is 15.1 Å². The number of hydrogen-bond acceptors (Lipinski definition) is 4. The summed E-state index contributed by atoms with van der Waals surface area (Å²) < 4.78 is 1.45. The van der Waals surface area contributed by atoms with Crippen LogP contribution in [0.4, 0.5) is 5.69 Å². The molecule has 1 aromatic heterocycles. The van der Waals surface area contributed by atoms with E-state index in [0.717, 1.165) is 12.5 Å². The smallest absolute Gasteiger partial charge is 0.0557 e. The van der Waals surface area contributed by atoms with Gasteiger partial charge in [-0.15, -0.1) is 11.3 Å². The monoisotopic (exact) mass is 345 g/mol. The van der Waals surface area contributed by atoms with E-state index >= 15 is 0 Å². The third-order valence-corrected chi connectivity index (χ3v) is 6.85. The van der Waals surface area contributed by atoms with Gasteiger partial charge >= 0.3 is 0 Å². The Bertz CT molecular complexity index is 685. The number of piperidine rings is 1. The summed E-state index contributed by atoms with van der Waals surface area (Å²) in [4.78, 5) is 7.84. The molecule has 0 aromatic carbocycles. The lowest BCUT2D eigenvalue weighted by atomic mass is 9.95. The normalized spacial score (nSPS) is 28.8. The molecule has 2 fully saturated rings. The number of nitrogens with zero attached hydrogens (tertiary/aromatic N) is 3. The standard InChI is InChI=1S/C20H31N3S/c1-14(2)23(15(3)4)19-13-24-20-12-22(8-6-18(19)20)17-9-16-5-7-21(10-16)11-17/h6,12-17H,5,7-11H2,1-4H3/t16-,17-/m1/s1. The van der Waals surface area contributed by atoms with E-state index in [1.165, 1.54) is 47.9 Å². The van der Waals surface area contributed by atoms with Crippen LogP contribution in [-0.4, -0.2) is 54.1 Å². The third-order valence-electron chi connectivity index (χ3n) is 5.93. The van der Waals surface area contributed by atoms with Crippen LogP contribution in [0, 0.1) is 5.92 Å². The number of fused-ring (bicyclic) bond motifs is 3. The summed E-state index contributed by atoms with van der Waals surface area (Å²) in [6.07, 6.45) is 7.74. The van der Waals surface area contributed by atoms with Gasteiger partial charge < -0.3 is 14.7 Å². The Morgan fingerprint density at radius 2 is 1.96 bits per heavy atom. The zero-order valence-corrected chi connectivity index (χ0v) is 16.4. The summed E-state index contributed by atoms with van der Waals surface area (Å²) in [5, 5.41) is 3.84. The first-order valence-corrected chi connectivity index (χ1v) is 10.5. The summed E-state index contributed by atoms with van der Waals surface area (Å²) in [5.41, 5.74) is 1.43. The molecule has 0 N–H and O–H groups in total. The molecule has 132 valence electrons. The highest BCUT2D eigenvalue weighted by Crippen LogP contribution is 2.30. The highest BCUT2D eigenvalue weighted by molar-refractivity contribution is 7.08. The minimum absolute atomic E-state index is 0.539. The lowest BCUT2D eigenvalue weighted by Gasteiger charge is -2.38. The fourth-order valence-electron chi connectivity index (χ4n) is 4.95. The van der Waals surface area contributed by atoms with E-state index in [1.54, 1.807) is 0 Å². The van der Waals surface area contributed by atoms with Crippen LogP contribution < -0.4 is 14.7 Å². The van der Waals surface area contributed by atoms with Gasteiger partial charge in [-0.25, -0.2) is 0 Å². The summed E-state index contributed by atoms with van der Waals surface area (Å²) in [6.45, 7) is 14.2. The van der Waals surface area contributed by atoms with Gasteiger partial charge in [-0.3, -0.25) is 0 Å². The van der Waals surface area contributed by atoms with Crippen molar-refractivity contribution < 1.29 is 0 Å². The van der Waals surface area contributed by atoms with E-state index in [9.17, 15) is 0 Å². The molecule has 24 heavy (non-hydrogen) atoms. The molecule has 4 heterocycles. The van der Waals surface area contributed by atoms with E-state index in [4.69, 9.17) is 0 Å². The molecule has 4 heteroatoms. The summed E-state index contributed by atoms with van der Waals surface area (Å²) in [6, 6.07) is 1.79. The molecule has 2 saturated heterocycles. The minimum Gasteiger partial charge on any atom is -0.368 e. The van der Waals surface area contributed by atoms with Crippen LogP contribution in [0.1, 0.15) is 40.5 Å². The van der Waals surface area contributed by atoms with Gasteiger partial charge in [0.1, 0.15) is 0 Å². The van der Waals surface area contributed by atoms with Crippen molar-refractivity contribution >= 4 is 29.3 Å². The fraction of sp³-hybridized carbons (Fsp3) is 0.700. The summed E-state index contributed by atoms with van der Waals surface area (Å²) in [7, 11) is 0. The Morgan fingerprint density at radius 3 is 2.67 bits per heavy atom. The molecule has 0 saturated carbocycles. The van der Waals surface area contributed by atoms with Crippen LogP contribution in [0.2, 0.25) is 0 Å². The van der Waals surface area contributed by atoms with Crippen molar-refractivity contribution in [1.29, 1.82) is 0 Å². The first-order chi connectivity index (χ1) is 11.5. The second kappa shape index (κ2) is 6.38. The van der Waals surface area contributed by atoms with Crippen molar-refractivity contribution in [3.63, 3.8) is 0 Å². The molecule has 3 atom stereocenters. The van der Waals surface area contributed by atoms with Gasteiger partial charge in [-0.1, -0.05) is 6.08 Å². The van der Waals surface area contributed by atoms with Crippen LogP contribution in [0.3, 0.4) is 0 Å². The SMILES string of the molecule is CC(C)N(c1csc2c1=CCN([C@@H]1C[C@H]3CCN(C3)C1)C=2)C(C)C. The minimum atomic E-state index is 0.539. The maximum absolute atomic E-state index is 2.67. The van der Waals surface area contributed by atoms with E-state index in [0.29, 0.717) is 18.1 Å². The van der Waals surface area contributed by atoms with Gasteiger partial charge in [0.05, 0.1) is 10.2 Å². The molecule has 0 aliphatic carbocycles. The Labute approximate surface area is 150 Å². The van der Waals surface area contributed by atoms with Crippen LogP contribution in [-0.2, 0) is 0 Å². The van der Waals surface area contributed by atoms with Crippen LogP contribution in [0.15, 0.2) is 5.38 Å². The van der Waals surface area contributed by atoms with Gasteiger partial charge in [-0.05, 0) is 53.0 Å². The van der Waals surface area contributed by atoms with Gasteiger partial charge in [0.15, 0.2) is 0 Å². The molecule has 3 aliphatic rings. The highest BCUT2D eigenvalue weighted by atomic mass is 32.1. The molecule has 1 aromatic rings. The molecular weight excluding hydrogens is 314 g/mol. The molecule has 0 amide bonds. The van der Waals surface area contributed by atoms with Gasteiger partial charge in [0.2, 0.25) is 0 Å². The number of rotatable bonds is 4. The van der Waals surface area contributed by atoms with E-state index in [1.807, 2.05) is 11.3 Å². The van der Waals surface area contributed by atoms with E-state index < -0.39 is 0 Å². The number of anilines is 1. The van der Waals surface area contributed by atoms with Crippen LogP contribution in [0.25, 0.3) is 12.3 Å². The zero-order valence-electron chi connectivity index (χ0n) is 15.5. The Kier molecular flexibility index (Phi) is 4.38. The summed E-state index contributed by atoms with van der Waals surface area (Å²) >= 11 is 1.92. The van der Waals surface area contributed by atoms with E-state index in [2.05, 4.69) is 60.1 Å². The molecule has 3 nitrogen and oxygen atoms in total. The highest BCUT2D eigenvalue weighted by Gasteiger charge is 2.34. The predicted octanol–water partition coefficient (Wildman–Crippen LogP) is 2.30. The van der Waals surface area contributed by atoms with Crippen molar-refractivity contribution in [2.45, 2.75) is 58.7 Å². The predicted molar refractivity (Wildman–Crippen MR) is 105 cm³/mol. The molecule has 0 radical (unpaired) electrons. The van der Waals surface area contributed by atoms with Gasteiger partial charge in [-0.2, -0.15) is 0 Å². The largest absolute Gasteiger partial charge is 0.368 e. The van der Waals surface area contributed by atoms with Crippen molar-refractivity contribution in [2.24, 2.45) is 5.92 Å². The third kappa shape index (κ3) is 2.88. The van der Waals surface area contributed by atoms with Crippen LogP contribution in [0.5, 0.6) is 0 Å². The van der Waals surface area contributed by atoms with Gasteiger partial charge in [0.25, 0.3) is 0 Å². The number of hydrogen-bond donors (Lipinski definition) is 0. The molecule has 0 spiro atoms. The topological polar surface area (TPSA) is 9.72 Å². The van der Waals surface area contributed by atoms with Crippen molar-refractivity contribution in [2.75, 3.05) is 31.1 Å². The lowest BCUT2D eigenvalue weighted by molar-refractivity contribution is 0.165. The molecule has 3 aliphatic heterocycles. The average molecular weight is 346 g/mol. The average Bonchev–Trinajstić information content (AvgIpc) is 3.09. The summed E-state index contributed by atoms with van der Waals surface area (Å²) in [5.74, 6) is 0.940.